The van der Waals surface area contributed by atoms with E-state index in [9.17, 15) is 9.90 Å². The molecule has 2 aromatic rings. The van der Waals surface area contributed by atoms with Crippen molar-refractivity contribution in [2.24, 2.45) is 0 Å². The first-order chi connectivity index (χ1) is 10.1. The second kappa shape index (κ2) is 5.64. The molecular weight excluding hydrogens is 311 g/mol. The second-order valence-electron chi connectivity index (χ2n) is 4.89. The Morgan fingerprint density at radius 2 is 2.00 bits per heavy atom. The Kier molecular flexibility index (Phi) is 3.85. The Morgan fingerprint density at radius 1 is 1.24 bits per heavy atom. The lowest BCUT2D eigenvalue weighted by molar-refractivity contribution is 0.0853. The number of carbonyl (C=O) groups excluding carboxylic acids is 1. The Labute approximate surface area is 131 Å². The van der Waals surface area contributed by atoms with Crippen LogP contribution in [0.3, 0.4) is 0 Å². The van der Waals surface area contributed by atoms with E-state index in [1.54, 1.807) is 0 Å². The number of halogens is 2. The third-order valence-corrected chi connectivity index (χ3v) is 4.03. The molecule has 0 fully saturated rings. The van der Waals surface area contributed by atoms with Crippen LogP contribution in [-0.2, 0) is 6.42 Å². The maximum absolute atomic E-state index is 12.3. The lowest BCUT2D eigenvalue weighted by Gasteiger charge is -2.18. The fourth-order valence-corrected chi connectivity index (χ4v) is 2.87. The van der Waals surface area contributed by atoms with Crippen LogP contribution in [0.4, 0.5) is 0 Å². The summed E-state index contributed by atoms with van der Waals surface area (Å²) in [7, 11) is 0. The number of nitrogens with zero attached hydrogens (tertiary/aromatic N) is 1. The summed E-state index contributed by atoms with van der Waals surface area (Å²) in [4.78, 5) is 16.2. The van der Waals surface area contributed by atoms with Crippen LogP contribution in [0.15, 0.2) is 36.4 Å². The van der Waals surface area contributed by atoms with E-state index in [2.05, 4.69) is 10.3 Å². The van der Waals surface area contributed by atoms with Crippen LogP contribution in [0.1, 0.15) is 27.7 Å². The molecule has 1 amide bonds. The zero-order chi connectivity index (χ0) is 15.0. The minimum Gasteiger partial charge on any atom is -0.390 e. The Balaban J connectivity index is 1.87. The SMILES string of the molecule is O=C(N[C@H]1c2ccccc2C[C@H]1O)c1nc(Cl)ccc1Cl. The predicted octanol–water partition coefficient (Wildman–Crippen LogP) is 2.78. The first-order valence-electron chi connectivity index (χ1n) is 6.45. The van der Waals surface area contributed by atoms with Gasteiger partial charge in [0.1, 0.15) is 10.8 Å². The molecule has 1 aliphatic carbocycles. The molecule has 108 valence electrons. The van der Waals surface area contributed by atoms with Crippen LogP contribution in [0.2, 0.25) is 10.2 Å². The number of pyridine rings is 1. The molecule has 0 unspecified atom stereocenters. The van der Waals surface area contributed by atoms with Crippen molar-refractivity contribution in [2.75, 3.05) is 0 Å². The number of amides is 1. The topological polar surface area (TPSA) is 62.2 Å². The van der Waals surface area contributed by atoms with Crippen molar-refractivity contribution in [1.82, 2.24) is 10.3 Å². The molecule has 0 saturated heterocycles. The van der Waals surface area contributed by atoms with Crippen molar-refractivity contribution in [3.05, 3.63) is 63.4 Å². The molecular formula is C15H12Cl2N2O2. The van der Waals surface area contributed by atoms with Crippen LogP contribution in [0.5, 0.6) is 0 Å². The first-order valence-corrected chi connectivity index (χ1v) is 7.20. The highest BCUT2D eigenvalue weighted by Crippen LogP contribution is 2.31. The quantitative estimate of drug-likeness (QED) is 0.836. The molecule has 21 heavy (non-hydrogen) atoms. The number of benzene rings is 1. The van der Waals surface area contributed by atoms with E-state index in [4.69, 9.17) is 23.2 Å². The molecule has 3 rings (SSSR count). The van der Waals surface area contributed by atoms with E-state index in [1.807, 2.05) is 24.3 Å². The summed E-state index contributed by atoms with van der Waals surface area (Å²) in [6, 6.07) is 10.2. The van der Waals surface area contributed by atoms with Gasteiger partial charge in [-0.15, -0.1) is 0 Å². The Bertz CT molecular complexity index is 706. The smallest absolute Gasteiger partial charge is 0.272 e. The molecule has 2 atom stereocenters. The predicted molar refractivity (Wildman–Crippen MR) is 80.6 cm³/mol. The highest BCUT2D eigenvalue weighted by Gasteiger charge is 2.32. The lowest BCUT2D eigenvalue weighted by atomic mass is 10.1. The van der Waals surface area contributed by atoms with Crippen molar-refractivity contribution in [3.63, 3.8) is 0 Å². The van der Waals surface area contributed by atoms with Crippen molar-refractivity contribution >= 4 is 29.1 Å². The molecule has 1 aromatic carbocycles. The van der Waals surface area contributed by atoms with Crippen LogP contribution in [0, 0.1) is 0 Å². The van der Waals surface area contributed by atoms with Crippen molar-refractivity contribution < 1.29 is 9.90 Å². The van der Waals surface area contributed by atoms with Crippen molar-refractivity contribution in [1.29, 1.82) is 0 Å². The average Bonchev–Trinajstić information content (AvgIpc) is 2.78. The zero-order valence-corrected chi connectivity index (χ0v) is 12.4. The summed E-state index contributed by atoms with van der Waals surface area (Å²) in [6.45, 7) is 0. The van der Waals surface area contributed by atoms with E-state index in [1.165, 1.54) is 12.1 Å². The van der Waals surface area contributed by atoms with Crippen molar-refractivity contribution in [3.8, 4) is 0 Å². The number of aliphatic hydroxyl groups excluding tert-OH is 1. The summed E-state index contributed by atoms with van der Waals surface area (Å²) < 4.78 is 0. The van der Waals surface area contributed by atoms with Gasteiger partial charge in [0.15, 0.2) is 0 Å². The molecule has 0 saturated carbocycles. The minimum absolute atomic E-state index is 0.0562. The van der Waals surface area contributed by atoms with Crippen LogP contribution in [0.25, 0.3) is 0 Å². The summed E-state index contributed by atoms with van der Waals surface area (Å²) >= 11 is 11.8. The number of aromatic nitrogens is 1. The van der Waals surface area contributed by atoms with Gasteiger partial charge in [-0.2, -0.15) is 0 Å². The third kappa shape index (κ3) is 2.75. The van der Waals surface area contributed by atoms with Gasteiger partial charge < -0.3 is 10.4 Å². The number of hydrogen-bond donors (Lipinski definition) is 2. The maximum Gasteiger partial charge on any atom is 0.272 e. The monoisotopic (exact) mass is 322 g/mol. The molecule has 1 aromatic heterocycles. The van der Waals surface area contributed by atoms with Gasteiger partial charge in [-0.05, 0) is 23.3 Å². The largest absolute Gasteiger partial charge is 0.390 e. The highest BCUT2D eigenvalue weighted by molar-refractivity contribution is 6.34. The van der Waals surface area contributed by atoms with Gasteiger partial charge in [0.05, 0.1) is 17.2 Å². The third-order valence-electron chi connectivity index (χ3n) is 3.52. The van der Waals surface area contributed by atoms with E-state index in [0.29, 0.717) is 6.42 Å². The molecule has 6 heteroatoms. The van der Waals surface area contributed by atoms with E-state index in [0.717, 1.165) is 11.1 Å². The lowest BCUT2D eigenvalue weighted by Crippen LogP contribution is -2.34. The van der Waals surface area contributed by atoms with E-state index in [-0.39, 0.29) is 15.9 Å². The van der Waals surface area contributed by atoms with Gasteiger partial charge in [-0.1, -0.05) is 47.5 Å². The van der Waals surface area contributed by atoms with Gasteiger partial charge in [-0.25, -0.2) is 4.98 Å². The molecule has 0 spiro atoms. The molecule has 2 N–H and O–H groups in total. The van der Waals surface area contributed by atoms with Crippen LogP contribution in [-0.4, -0.2) is 22.1 Å². The van der Waals surface area contributed by atoms with Crippen molar-refractivity contribution in [2.45, 2.75) is 18.6 Å². The van der Waals surface area contributed by atoms with Crippen LogP contribution >= 0.6 is 23.2 Å². The minimum atomic E-state index is -0.663. The summed E-state index contributed by atoms with van der Waals surface area (Å²) in [5, 5.41) is 13.3. The number of nitrogens with one attached hydrogen (secondary N) is 1. The second-order valence-corrected chi connectivity index (χ2v) is 5.68. The van der Waals surface area contributed by atoms with Crippen LogP contribution < -0.4 is 5.32 Å². The number of rotatable bonds is 2. The maximum atomic E-state index is 12.3. The molecule has 0 bridgehead atoms. The summed E-state index contributed by atoms with van der Waals surface area (Å²) in [6.07, 6.45) is -0.151. The number of aliphatic hydroxyl groups is 1. The average molecular weight is 323 g/mol. The number of fused-ring (bicyclic) bond motifs is 1. The highest BCUT2D eigenvalue weighted by atomic mass is 35.5. The number of hydrogen-bond acceptors (Lipinski definition) is 3. The summed E-state index contributed by atoms with van der Waals surface area (Å²) in [5.41, 5.74) is 2.00. The van der Waals surface area contributed by atoms with E-state index < -0.39 is 18.1 Å². The number of carbonyl (C=O) groups is 1. The zero-order valence-electron chi connectivity index (χ0n) is 10.9. The van der Waals surface area contributed by atoms with Gasteiger partial charge in [-0.3, -0.25) is 4.79 Å². The molecule has 0 radical (unpaired) electrons. The normalized spacial score (nSPS) is 20.1. The standard InChI is InChI=1S/C15H12Cl2N2O2/c16-10-5-6-12(17)18-14(10)15(21)19-13-9-4-2-1-3-8(9)7-11(13)20/h1-6,11,13,20H,7H2,(H,19,21)/t11-,13+/m1/s1. The Morgan fingerprint density at radius 3 is 2.81 bits per heavy atom. The fourth-order valence-electron chi connectivity index (χ4n) is 2.54. The fraction of sp³-hybridized carbons (Fsp3) is 0.200. The van der Waals surface area contributed by atoms with Gasteiger partial charge in [0.25, 0.3) is 5.91 Å². The van der Waals surface area contributed by atoms with Gasteiger partial charge in [0.2, 0.25) is 0 Å². The van der Waals surface area contributed by atoms with Gasteiger partial charge in [0, 0.05) is 6.42 Å². The van der Waals surface area contributed by atoms with Gasteiger partial charge >= 0.3 is 0 Å². The molecule has 0 aliphatic heterocycles. The first kappa shape index (κ1) is 14.3. The van der Waals surface area contributed by atoms with E-state index >= 15 is 0 Å². The molecule has 1 aliphatic rings. The Hall–Kier alpha value is -1.62. The summed E-state index contributed by atoms with van der Waals surface area (Å²) in [5.74, 6) is -0.455. The molecule has 4 nitrogen and oxygen atoms in total. The molecule has 1 heterocycles.